The lowest BCUT2D eigenvalue weighted by Gasteiger charge is -2.24. The van der Waals surface area contributed by atoms with Crippen LogP contribution in [0.15, 0.2) is 35.7 Å². The summed E-state index contributed by atoms with van der Waals surface area (Å²) in [4.78, 5) is 4.56. The molecular formula is C16H20N4S2. The lowest BCUT2D eigenvalue weighted by atomic mass is 9.96. The largest absolute Gasteiger partial charge is 0.359 e. The second-order valence-corrected chi connectivity index (χ2v) is 6.73. The Balaban J connectivity index is 1.49. The molecule has 0 radical (unpaired) electrons. The summed E-state index contributed by atoms with van der Waals surface area (Å²) in [5, 5.41) is 6.85. The summed E-state index contributed by atoms with van der Waals surface area (Å²) in [6, 6.07) is 10.7. The molecule has 1 heterocycles. The van der Waals surface area contributed by atoms with Crippen molar-refractivity contribution in [2.24, 2.45) is 0 Å². The lowest BCUT2D eigenvalue weighted by Crippen LogP contribution is -2.44. The Morgan fingerprint density at radius 2 is 1.91 bits per heavy atom. The fraction of sp³-hybridized carbons (Fsp3) is 0.375. The monoisotopic (exact) mass is 332 g/mol. The van der Waals surface area contributed by atoms with Gasteiger partial charge in [-0.15, -0.1) is 11.3 Å². The highest BCUT2D eigenvalue weighted by Gasteiger charge is 2.13. The van der Waals surface area contributed by atoms with Crippen molar-refractivity contribution in [3.63, 3.8) is 0 Å². The first-order valence-electron chi connectivity index (χ1n) is 7.65. The third-order valence-electron chi connectivity index (χ3n) is 3.80. The highest BCUT2D eigenvalue weighted by molar-refractivity contribution is 7.80. The van der Waals surface area contributed by atoms with Gasteiger partial charge in [-0.25, -0.2) is 4.98 Å². The molecule has 1 aromatic carbocycles. The Bertz CT molecular complexity index is 606. The van der Waals surface area contributed by atoms with E-state index in [1.165, 1.54) is 32.1 Å². The summed E-state index contributed by atoms with van der Waals surface area (Å²) in [5.74, 6) is 0. The van der Waals surface area contributed by atoms with Gasteiger partial charge in [-0.05, 0) is 25.1 Å². The van der Waals surface area contributed by atoms with Crippen LogP contribution >= 0.6 is 23.6 Å². The zero-order valence-electron chi connectivity index (χ0n) is 12.3. The second kappa shape index (κ2) is 7.56. The van der Waals surface area contributed by atoms with Crippen LogP contribution in [0.25, 0.3) is 11.3 Å². The number of benzene rings is 1. The number of hydrazine groups is 1. The van der Waals surface area contributed by atoms with Crippen LogP contribution in [0.2, 0.25) is 0 Å². The minimum absolute atomic E-state index is 0.506. The SMILES string of the molecule is S=C(NNc1nc(-c2ccccc2)cs1)NC1CCCCC1. The van der Waals surface area contributed by atoms with Gasteiger partial charge >= 0.3 is 0 Å². The second-order valence-electron chi connectivity index (χ2n) is 5.46. The first kappa shape index (κ1) is 15.2. The molecule has 0 aliphatic heterocycles. The number of hydrogen-bond acceptors (Lipinski definition) is 4. The van der Waals surface area contributed by atoms with E-state index < -0.39 is 0 Å². The van der Waals surface area contributed by atoms with Crippen LogP contribution in [0.4, 0.5) is 5.13 Å². The number of anilines is 1. The average Bonchev–Trinajstić information content (AvgIpc) is 3.04. The molecule has 3 N–H and O–H groups in total. The number of aromatic nitrogens is 1. The van der Waals surface area contributed by atoms with Crippen LogP contribution in [-0.4, -0.2) is 16.1 Å². The number of nitrogens with one attached hydrogen (secondary N) is 3. The molecule has 22 heavy (non-hydrogen) atoms. The minimum atomic E-state index is 0.506. The molecule has 1 saturated carbocycles. The third-order valence-corrected chi connectivity index (χ3v) is 4.77. The van der Waals surface area contributed by atoms with Gasteiger partial charge in [0.1, 0.15) is 0 Å². The number of nitrogens with zero attached hydrogens (tertiary/aromatic N) is 1. The number of hydrogen-bond donors (Lipinski definition) is 3. The van der Waals surface area contributed by atoms with E-state index >= 15 is 0 Å². The predicted octanol–water partition coefficient (Wildman–Crippen LogP) is 3.93. The standard InChI is InChI=1S/C16H20N4S2/c21-15(17-13-9-5-2-6-10-13)19-20-16-18-14(11-22-16)12-7-3-1-4-8-12/h1,3-4,7-8,11,13H,2,5-6,9-10H2,(H,18,20)(H2,17,19,21). The van der Waals surface area contributed by atoms with E-state index in [0.717, 1.165) is 16.4 Å². The average molecular weight is 332 g/mol. The lowest BCUT2D eigenvalue weighted by molar-refractivity contribution is 0.412. The molecule has 6 heteroatoms. The Kier molecular flexibility index (Phi) is 5.24. The van der Waals surface area contributed by atoms with Gasteiger partial charge in [0.15, 0.2) is 5.11 Å². The predicted molar refractivity (Wildman–Crippen MR) is 96.9 cm³/mol. The minimum Gasteiger partial charge on any atom is -0.359 e. The molecule has 0 spiro atoms. The van der Waals surface area contributed by atoms with Crippen LogP contribution < -0.4 is 16.2 Å². The molecule has 0 amide bonds. The quantitative estimate of drug-likeness (QED) is 0.585. The highest BCUT2D eigenvalue weighted by Crippen LogP contribution is 2.24. The van der Waals surface area contributed by atoms with Gasteiger partial charge in [0.25, 0.3) is 0 Å². The van der Waals surface area contributed by atoms with Crippen LogP contribution in [0.3, 0.4) is 0 Å². The molecule has 1 aliphatic rings. The Morgan fingerprint density at radius 3 is 2.68 bits per heavy atom. The normalized spacial score (nSPS) is 15.3. The van der Waals surface area contributed by atoms with Crippen molar-refractivity contribution in [2.45, 2.75) is 38.1 Å². The molecule has 1 aliphatic carbocycles. The van der Waals surface area contributed by atoms with Crippen LogP contribution in [0.1, 0.15) is 32.1 Å². The summed E-state index contributed by atoms with van der Waals surface area (Å²) in [7, 11) is 0. The van der Waals surface area contributed by atoms with Crippen molar-refractivity contribution in [3.05, 3.63) is 35.7 Å². The summed E-state index contributed by atoms with van der Waals surface area (Å²) in [5.41, 5.74) is 8.20. The van der Waals surface area contributed by atoms with Gasteiger partial charge in [0, 0.05) is 17.0 Å². The van der Waals surface area contributed by atoms with Crippen molar-refractivity contribution >= 4 is 33.8 Å². The van der Waals surface area contributed by atoms with Crippen molar-refractivity contribution in [1.29, 1.82) is 0 Å². The Morgan fingerprint density at radius 1 is 1.14 bits per heavy atom. The molecule has 0 unspecified atom stereocenters. The third kappa shape index (κ3) is 4.18. The van der Waals surface area contributed by atoms with Gasteiger partial charge in [0.2, 0.25) is 5.13 Å². The maximum atomic E-state index is 5.33. The van der Waals surface area contributed by atoms with E-state index in [2.05, 4.69) is 33.3 Å². The molecule has 0 atom stereocenters. The van der Waals surface area contributed by atoms with Gasteiger partial charge < -0.3 is 5.32 Å². The number of thiocarbonyl (C=S) groups is 1. The highest BCUT2D eigenvalue weighted by atomic mass is 32.1. The topological polar surface area (TPSA) is 49.0 Å². The van der Waals surface area contributed by atoms with E-state index in [1.54, 1.807) is 11.3 Å². The van der Waals surface area contributed by atoms with E-state index in [-0.39, 0.29) is 0 Å². The van der Waals surface area contributed by atoms with Crippen molar-refractivity contribution < 1.29 is 0 Å². The summed E-state index contributed by atoms with van der Waals surface area (Å²) < 4.78 is 0. The van der Waals surface area contributed by atoms with E-state index in [9.17, 15) is 0 Å². The van der Waals surface area contributed by atoms with Gasteiger partial charge in [-0.2, -0.15) is 0 Å². The first-order valence-corrected chi connectivity index (χ1v) is 8.93. The summed E-state index contributed by atoms with van der Waals surface area (Å²) in [6.45, 7) is 0. The van der Waals surface area contributed by atoms with Crippen molar-refractivity contribution in [2.75, 3.05) is 5.43 Å². The molecular weight excluding hydrogens is 312 g/mol. The smallest absolute Gasteiger partial charge is 0.202 e. The molecule has 2 aromatic rings. The molecule has 3 rings (SSSR count). The molecule has 1 aromatic heterocycles. The molecule has 0 saturated heterocycles. The van der Waals surface area contributed by atoms with Crippen molar-refractivity contribution in [3.8, 4) is 11.3 Å². The van der Waals surface area contributed by atoms with E-state index in [1.807, 2.05) is 23.6 Å². The molecule has 1 fully saturated rings. The van der Waals surface area contributed by atoms with Crippen LogP contribution in [-0.2, 0) is 0 Å². The van der Waals surface area contributed by atoms with Crippen LogP contribution in [0, 0.1) is 0 Å². The zero-order valence-corrected chi connectivity index (χ0v) is 14.0. The van der Waals surface area contributed by atoms with E-state index in [0.29, 0.717) is 11.2 Å². The van der Waals surface area contributed by atoms with Gasteiger partial charge in [-0.1, -0.05) is 49.6 Å². The fourth-order valence-corrected chi connectivity index (χ4v) is 3.54. The number of rotatable bonds is 4. The first-order chi connectivity index (χ1) is 10.8. The maximum Gasteiger partial charge on any atom is 0.202 e. The zero-order chi connectivity index (χ0) is 15.2. The van der Waals surface area contributed by atoms with E-state index in [4.69, 9.17) is 12.2 Å². The maximum absolute atomic E-state index is 5.33. The molecule has 0 bridgehead atoms. The van der Waals surface area contributed by atoms with Crippen molar-refractivity contribution in [1.82, 2.24) is 15.7 Å². The summed E-state index contributed by atoms with van der Waals surface area (Å²) in [6.07, 6.45) is 6.34. The Hall–Kier alpha value is -1.66. The fourth-order valence-electron chi connectivity index (χ4n) is 2.65. The molecule has 4 nitrogen and oxygen atoms in total. The summed E-state index contributed by atoms with van der Waals surface area (Å²) >= 11 is 6.89. The Labute approximate surface area is 140 Å². The van der Waals surface area contributed by atoms with Gasteiger partial charge in [0.05, 0.1) is 5.69 Å². The van der Waals surface area contributed by atoms with Gasteiger partial charge in [-0.3, -0.25) is 10.9 Å². The van der Waals surface area contributed by atoms with Crippen LogP contribution in [0.5, 0.6) is 0 Å². The number of thiazole rings is 1. The molecule has 116 valence electrons.